The third-order valence-corrected chi connectivity index (χ3v) is 7.57. The standard InChI is InChI=1S/C25H37N3O3/c1-16-8-9-23-22(14-16)28(15-18(3)31-23)25(30)27-12-10-20(11-13-27)24(29)26-21-7-5-6-17(2)19(21)4/h8-9,14,17-21H,5-7,10-13,15H2,1-4H3,(H,26,29)/t17-,18+,19+,21+/m0/s1. The molecule has 4 atom stereocenters. The van der Waals surface area contributed by atoms with Crippen LogP contribution in [0.3, 0.4) is 0 Å². The van der Waals surface area contributed by atoms with Crippen molar-refractivity contribution in [2.75, 3.05) is 24.5 Å². The number of nitrogens with one attached hydrogen (secondary N) is 1. The molecule has 31 heavy (non-hydrogen) atoms. The fourth-order valence-corrected chi connectivity index (χ4v) is 5.32. The predicted octanol–water partition coefficient (Wildman–Crippen LogP) is 4.36. The first-order valence-corrected chi connectivity index (χ1v) is 12.0. The average Bonchev–Trinajstić information content (AvgIpc) is 2.76. The number of aryl methyl sites for hydroxylation is 1. The van der Waals surface area contributed by atoms with Crippen LogP contribution in [0.15, 0.2) is 18.2 Å². The molecule has 0 radical (unpaired) electrons. The lowest BCUT2D eigenvalue weighted by atomic mass is 9.78. The second-order valence-electron chi connectivity index (χ2n) is 9.94. The molecule has 2 heterocycles. The van der Waals surface area contributed by atoms with Gasteiger partial charge in [-0.2, -0.15) is 0 Å². The average molecular weight is 428 g/mol. The topological polar surface area (TPSA) is 61.9 Å². The number of hydrogen-bond donors (Lipinski definition) is 1. The molecule has 1 N–H and O–H groups in total. The summed E-state index contributed by atoms with van der Waals surface area (Å²) in [5.74, 6) is 2.15. The highest BCUT2D eigenvalue weighted by molar-refractivity contribution is 5.94. The molecule has 0 unspecified atom stereocenters. The molecular formula is C25H37N3O3. The molecule has 0 spiro atoms. The highest BCUT2D eigenvalue weighted by Gasteiger charge is 2.35. The van der Waals surface area contributed by atoms with Crippen molar-refractivity contribution in [3.63, 3.8) is 0 Å². The van der Waals surface area contributed by atoms with Gasteiger partial charge in [0.25, 0.3) is 0 Å². The van der Waals surface area contributed by atoms with Gasteiger partial charge < -0.3 is 15.0 Å². The Morgan fingerprint density at radius 2 is 1.81 bits per heavy atom. The van der Waals surface area contributed by atoms with Crippen molar-refractivity contribution in [3.8, 4) is 5.75 Å². The quantitative estimate of drug-likeness (QED) is 0.763. The first kappa shape index (κ1) is 22.0. The second-order valence-corrected chi connectivity index (χ2v) is 9.94. The SMILES string of the molecule is Cc1ccc2c(c1)N(C(=O)N1CCC(C(=O)N[C@@H]3CCC[C@H](C)[C@H]3C)CC1)C[C@@H](C)O2. The van der Waals surface area contributed by atoms with E-state index in [2.05, 4.69) is 19.2 Å². The molecule has 6 heteroatoms. The Morgan fingerprint density at radius 1 is 1.06 bits per heavy atom. The summed E-state index contributed by atoms with van der Waals surface area (Å²) in [6.45, 7) is 10.4. The molecule has 0 bridgehead atoms. The van der Waals surface area contributed by atoms with Crippen LogP contribution in [0.2, 0.25) is 0 Å². The summed E-state index contributed by atoms with van der Waals surface area (Å²) in [7, 11) is 0. The Labute approximate surface area is 186 Å². The summed E-state index contributed by atoms with van der Waals surface area (Å²) in [6, 6.07) is 6.30. The minimum atomic E-state index is -0.0395. The van der Waals surface area contributed by atoms with Crippen molar-refractivity contribution in [1.29, 1.82) is 0 Å². The van der Waals surface area contributed by atoms with E-state index in [1.54, 1.807) is 0 Å². The Balaban J connectivity index is 1.35. The number of fused-ring (bicyclic) bond motifs is 1. The van der Waals surface area contributed by atoms with Crippen molar-refractivity contribution in [3.05, 3.63) is 23.8 Å². The molecule has 1 saturated heterocycles. The molecule has 170 valence electrons. The number of urea groups is 1. The molecule has 4 rings (SSSR count). The second kappa shape index (κ2) is 9.09. The van der Waals surface area contributed by atoms with E-state index in [0.29, 0.717) is 37.5 Å². The Hall–Kier alpha value is -2.24. The van der Waals surface area contributed by atoms with Crippen molar-refractivity contribution < 1.29 is 14.3 Å². The number of likely N-dealkylation sites (tertiary alicyclic amines) is 1. The van der Waals surface area contributed by atoms with Gasteiger partial charge in [-0.05, 0) is 62.6 Å². The number of carbonyl (C=O) groups is 2. The van der Waals surface area contributed by atoms with E-state index in [1.807, 2.05) is 41.8 Å². The molecule has 0 aromatic heterocycles. The lowest BCUT2D eigenvalue weighted by Crippen LogP contribution is -2.53. The molecule has 1 saturated carbocycles. The zero-order valence-electron chi connectivity index (χ0n) is 19.4. The zero-order valence-corrected chi connectivity index (χ0v) is 19.4. The molecule has 3 amide bonds. The van der Waals surface area contributed by atoms with Crippen molar-refractivity contribution >= 4 is 17.6 Å². The Morgan fingerprint density at radius 3 is 2.55 bits per heavy atom. The Bertz CT molecular complexity index is 818. The summed E-state index contributed by atoms with van der Waals surface area (Å²) >= 11 is 0. The van der Waals surface area contributed by atoms with Gasteiger partial charge in [0.1, 0.15) is 11.9 Å². The number of ether oxygens (including phenoxy) is 1. The molecule has 2 aliphatic heterocycles. The smallest absolute Gasteiger partial charge is 0.324 e. The first-order valence-electron chi connectivity index (χ1n) is 12.0. The van der Waals surface area contributed by atoms with Crippen LogP contribution in [0.25, 0.3) is 0 Å². The molecule has 6 nitrogen and oxygen atoms in total. The van der Waals surface area contributed by atoms with Crippen LogP contribution in [0.5, 0.6) is 5.75 Å². The van der Waals surface area contributed by atoms with Crippen LogP contribution >= 0.6 is 0 Å². The van der Waals surface area contributed by atoms with Crippen LogP contribution in [0, 0.1) is 24.7 Å². The van der Waals surface area contributed by atoms with Crippen LogP contribution in [-0.4, -0.2) is 48.6 Å². The molecule has 1 aromatic carbocycles. The first-order chi connectivity index (χ1) is 14.8. The number of anilines is 1. The van der Waals surface area contributed by atoms with Crippen molar-refractivity contribution in [2.24, 2.45) is 17.8 Å². The van der Waals surface area contributed by atoms with E-state index in [-0.39, 0.29) is 24.0 Å². The largest absolute Gasteiger partial charge is 0.487 e. The number of amides is 3. The van der Waals surface area contributed by atoms with E-state index >= 15 is 0 Å². The van der Waals surface area contributed by atoms with Gasteiger partial charge in [0.2, 0.25) is 5.91 Å². The fourth-order valence-electron chi connectivity index (χ4n) is 5.32. The highest BCUT2D eigenvalue weighted by Crippen LogP contribution is 2.35. The van der Waals surface area contributed by atoms with E-state index in [9.17, 15) is 9.59 Å². The monoisotopic (exact) mass is 427 g/mol. The molecular weight excluding hydrogens is 390 g/mol. The number of nitrogens with zero attached hydrogens (tertiary/aromatic N) is 2. The molecule has 3 aliphatic rings. The van der Waals surface area contributed by atoms with Crippen molar-refractivity contribution in [2.45, 2.75) is 71.9 Å². The van der Waals surface area contributed by atoms with Gasteiger partial charge >= 0.3 is 6.03 Å². The number of carbonyl (C=O) groups excluding carboxylic acids is 2. The maximum absolute atomic E-state index is 13.3. The van der Waals surface area contributed by atoms with E-state index in [4.69, 9.17) is 4.74 Å². The highest BCUT2D eigenvalue weighted by atomic mass is 16.5. The van der Waals surface area contributed by atoms with Gasteiger partial charge in [0, 0.05) is 25.0 Å². The van der Waals surface area contributed by atoms with Gasteiger partial charge in [0.05, 0.1) is 12.2 Å². The number of benzene rings is 1. The van der Waals surface area contributed by atoms with Crippen LogP contribution < -0.4 is 15.0 Å². The summed E-state index contributed by atoms with van der Waals surface area (Å²) in [6.07, 6.45) is 4.97. The lowest BCUT2D eigenvalue weighted by Gasteiger charge is -2.40. The minimum absolute atomic E-state index is 0.00614. The number of piperidine rings is 1. The molecule has 2 fully saturated rings. The fraction of sp³-hybridized carbons (Fsp3) is 0.680. The number of rotatable bonds is 2. The number of hydrogen-bond acceptors (Lipinski definition) is 3. The van der Waals surface area contributed by atoms with Gasteiger partial charge in [-0.3, -0.25) is 9.69 Å². The van der Waals surface area contributed by atoms with Crippen LogP contribution in [0.1, 0.15) is 58.4 Å². The van der Waals surface area contributed by atoms with Crippen LogP contribution in [0.4, 0.5) is 10.5 Å². The van der Waals surface area contributed by atoms with Gasteiger partial charge in [-0.1, -0.05) is 32.8 Å². The summed E-state index contributed by atoms with van der Waals surface area (Å²) in [5, 5.41) is 3.33. The third kappa shape index (κ3) is 4.68. The van der Waals surface area contributed by atoms with E-state index < -0.39 is 0 Å². The molecule has 1 aliphatic carbocycles. The van der Waals surface area contributed by atoms with Gasteiger partial charge in [-0.25, -0.2) is 4.79 Å². The maximum Gasteiger partial charge on any atom is 0.324 e. The maximum atomic E-state index is 13.3. The zero-order chi connectivity index (χ0) is 22.1. The minimum Gasteiger partial charge on any atom is -0.487 e. The van der Waals surface area contributed by atoms with Gasteiger partial charge in [0.15, 0.2) is 0 Å². The van der Waals surface area contributed by atoms with E-state index in [0.717, 1.165) is 36.3 Å². The lowest BCUT2D eigenvalue weighted by molar-refractivity contribution is -0.127. The summed E-state index contributed by atoms with van der Waals surface area (Å²) < 4.78 is 5.93. The van der Waals surface area contributed by atoms with E-state index in [1.165, 1.54) is 12.8 Å². The van der Waals surface area contributed by atoms with Gasteiger partial charge in [-0.15, -0.1) is 0 Å². The normalized spacial score (nSPS) is 29.2. The van der Waals surface area contributed by atoms with Crippen LogP contribution in [-0.2, 0) is 4.79 Å². The summed E-state index contributed by atoms with van der Waals surface area (Å²) in [5.41, 5.74) is 1.96. The molecule has 1 aromatic rings. The Kier molecular flexibility index (Phi) is 6.44. The summed E-state index contributed by atoms with van der Waals surface area (Å²) in [4.78, 5) is 30.0. The third-order valence-electron chi connectivity index (χ3n) is 7.57. The predicted molar refractivity (Wildman–Crippen MR) is 122 cm³/mol. The van der Waals surface area contributed by atoms with Crippen molar-refractivity contribution in [1.82, 2.24) is 10.2 Å².